The monoisotopic (exact) mass is 415 g/mol. The summed E-state index contributed by atoms with van der Waals surface area (Å²) in [5.74, 6) is -1.95. The number of rotatable bonds is 6. The van der Waals surface area contributed by atoms with E-state index in [1.807, 2.05) is 0 Å². The van der Waals surface area contributed by atoms with Gasteiger partial charge < -0.3 is 19.7 Å². The van der Waals surface area contributed by atoms with Crippen molar-refractivity contribution in [2.75, 3.05) is 49.7 Å². The molecule has 2 aliphatic rings. The summed E-state index contributed by atoms with van der Waals surface area (Å²) in [4.78, 5) is 25.6. The highest BCUT2D eigenvalue weighted by Crippen LogP contribution is 2.35. The molecule has 0 bridgehead atoms. The second kappa shape index (κ2) is 8.48. The zero-order valence-corrected chi connectivity index (χ0v) is 16.3. The molecule has 0 unspecified atom stereocenters. The first-order chi connectivity index (χ1) is 13.7. The van der Waals surface area contributed by atoms with Crippen LogP contribution in [0.15, 0.2) is 12.1 Å². The Bertz CT molecular complexity index is 761. The molecule has 0 aromatic heterocycles. The molecule has 1 aromatic carbocycles. The number of methoxy groups -OCH3 is 1. The number of anilines is 2. The van der Waals surface area contributed by atoms with Crippen molar-refractivity contribution in [3.05, 3.63) is 23.8 Å². The van der Waals surface area contributed by atoms with Crippen LogP contribution < -0.4 is 15.1 Å². The van der Waals surface area contributed by atoms with Crippen LogP contribution in [0.2, 0.25) is 0 Å². The van der Waals surface area contributed by atoms with Gasteiger partial charge in [0.25, 0.3) is 0 Å². The summed E-state index contributed by atoms with van der Waals surface area (Å²) in [5, 5.41) is 2.53. The molecule has 10 heteroatoms. The summed E-state index contributed by atoms with van der Waals surface area (Å²) >= 11 is 0. The fourth-order valence-electron chi connectivity index (χ4n) is 3.64. The zero-order valence-electron chi connectivity index (χ0n) is 16.3. The second-order valence-electron chi connectivity index (χ2n) is 7.38. The van der Waals surface area contributed by atoms with Crippen molar-refractivity contribution in [3.8, 4) is 0 Å². The van der Waals surface area contributed by atoms with Gasteiger partial charge in [-0.1, -0.05) is 0 Å². The molecule has 2 amide bonds. The fraction of sp³-hybridized carbons (Fsp3) is 0.579. The van der Waals surface area contributed by atoms with Crippen LogP contribution in [0.4, 0.5) is 29.3 Å². The number of amides is 2. The standard InChI is InChI=1S/C19H24F3N3O4/c1-12(26)23-9-14-10-25(18(27)29-14)13-7-15(20)17(16(21)8-13)24-5-3-19(22,4-6-24)11-28-2/h7-8,14H,3-6,9-11H2,1-2H3,(H,23,26)/t14-/m0/s1. The van der Waals surface area contributed by atoms with E-state index in [1.165, 1.54) is 18.9 Å². The molecule has 160 valence electrons. The van der Waals surface area contributed by atoms with Crippen LogP contribution in [0.3, 0.4) is 0 Å². The van der Waals surface area contributed by atoms with E-state index in [1.54, 1.807) is 0 Å². The number of cyclic esters (lactones) is 1. The number of hydrogen-bond donors (Lipinski definition) is 1. The van der Waals surface area contributed by atoms with E-state index in [2.05, 4.69) is 5.32 Å². The van der Waals surface area contributed by atoms with Gasteiger partial charge in [0.1, 0.15) is 17.5 Å². The van der Waals surface area contributed by atoms with Crippen molar-refractivity contribution < 1.29 is 32.2 Å². The highest BCUT2D eigenvalue weighted by Gasteiger charge is 2.37. The summed E-state index contributed by atoms with van der Waals surface area (Å²) in [7, 11) is 1.41. The van der Waals surface area contributed by atoms with Gasteiger partial charge in [-0.3, -0.25) is 9.69 Å². The third kappa shape index (κ3) is 4.75. The first-order valence-corrected chi connectivity index (χ1v) is 9.37. The molecule has 0 saturated carbocycles. The summed E-state index contributed by atoms with van der Waals surface area (Å²) in [6.45, 7) is 1.75. The van der Waals surface area contributed by atoms with E-state index in [0.29, 0.717) is 0 Å². The number of nitrogens with one attached hydrogen (secondary N) is 1. The van der Waals surface area contributed by atoms with Gasteiger partial charge in [-0.25, -0.2) is 18.0 Å². The van der Waals surface area contributed by atoms with Gasteiger partial charge in [0.15, 0.2) is 11.6 Å². The number of alkyl halides is 1. The van der Waals surface area contributed by atoms with Crippen LogP contribution in [0.1, 0.15) is 19.8 Å². The van der Waals surface area contributed by atoms with Gasteiger partial charge in [-0.05, 0) is 0 Å². The maximum atomic E-state index is 14.7. The molecule has 0 spiro atoms. The molecule has 0 radical (unpaired) electrons. The van der Waals surface area contributed by atoms with Crippen LogP contribution >= 0.6 is 0 Å². The number of ether oxygens (including phenoxy) is 2. The SMILES string of the molecule is COCC1(F)CCN(c2c(F)cc(N3C[C@H](CNC(C)=O)OC3=O)cc2F)CC1. The molecule has 7 nitrogen and oxygen atoms in total. The van der Waals surface area contributed by atoms with Crippen LogP contribution in [0, 0.1) is 11.6 Å². The highest BCUT2D eigenvalue weighted by atomic mass is 19.1. The number of halogens is 3. The molecule has 1 atom stereocenters. The van der Waals surface area contributed by atoms with E-state index in [0.717, 1.165) is 17.0 Å². The molecule has 2 aliphatic heterocycles. The second-order valence-corrected chi connectivity index (χ2v) is 7.38. The lowest BCUT2D eigenvalue weighted by molar-refractivity contribution is -0.119. The lowest BCUT2D eigenvalue weighted by Gasteiger charge is -2.37. The van der Waals surface area contributed by atoms with Crippen molar-refractivity contribution in [1.29, 1.82) is 0 Å². The minimum absolute atomic E-state index is 0.0234. The Hall–Kier alpha value is -2.49. The van der Waals surface area contributed by atoms with E-state index in [9.17, 15) is 22.8 Å². The number of hydrogen-bond acceptors (Lipinski definition) is 5. The van der Waals surface area contributed by atoms with Gasteiger partial charge >= 0.3 is 6.09 Å². The summed E-state index contributed by atoms with van der Waals surface area (Å²) in [6.07, 6.45) is -1.15. The molecule has 0 aliphatic carbocycles. The Morgan fingerprint density at radius 3 is 2.48 bits per heavy atom. The van der Waals surface area contributed by atoms with Crippen molar-refractivity contribution in [2.24, 2.45) is 0 Å². The lowest BCUT2D eigenvalue weighted by Crippen LogP contribution is -2.44. The number of nitrogens with zero attached hydrogens (tertiary/aromatic N) is 2. The van der Waals surface area contributed by atoms with E-state index >= 15 is 0 Å². The molecule has 1 aromatic rings. The molecule has 29 heavy (non-hydrogen) atoms. The lowest BCUT2D eigenvalue weighted by atomic mass is 9.94. The number of carbonyl (C=O) groups is 2. The van der Waals surface area contributed by atoms with Gasteiger partial charge in [0.2, 0.25) is 5.91 Å². The van der Waals surface area contributed by atoms with E-state index in [4.69, 9.17) is 9.47 Å². The summed E-state index contributed by atoms with van der Waals surface area (Å²) in [6, 6.07) is 2.12. The maximum Gasteiger partial charge on any atom is 0.414 e. The van der Waals surface area contributed by atoms with E-state index in [-0.39, 0.29) is 62.9 Å². The van der Waals surface area contributed by atoms with Crippen molar-refractivity contribution in [2.45, 2.75) is 31.5 Å². The van der Waals surface area contributed by atoms with Crippen LogP contribution in [-0.4, -0.2) is 63.7 Å². The minimum atomic E-state index is -1.50. The normalized spacial score (nSPS) is 21.3. The number of carbonyl (C=O) groups excluding carboxylic acids is 2. The molecule has 2 fully saturated rings. The predicted octanol–water partition coefficient (Wildman–Crippen LogP) is 2.38. The van der Waals surface area contributed by atoms with Gasteiger partial charge in [0, 0.05) is 52.1 Å². The topological polar surface area (TPSA) is 71.1 Å². The number of piperidine rings is 1. The van der Waals surface area contributed by atoms with Crippen LogP contribution in [0.5, 0.6) is 0 Å². The van der Waals surface area contributed by atoms with Crippen molar-refractivity contribution >= 4 is 23.4 Å². The Labute approximate surface area is 166 Å². The Morgan fingerprint density at radius 2 is 1.93 bits per heavy atom. The molecular weight excluding hydrogens is 391 g/mol. The molecule has 3 rings (SSSR count). The molecule has 2 heterocycles. The highest BCUT2D eigenvalue weighted by molar-refractivity contribution is 5.90. The van der Waals surface area contributed by atoms with E-state index < -0.39 is 29.5 Å². The van der Waals surface area contributed by atoms with Gasteiger partial charge in [-0.15, -0.1) is 0 Å². The predicted molar refractivity (Wildman–Crippen MR) is 99.8 cm³/mol. The smallest absolute Gasteiger partial charge is 0.414 e. The Kier molecular flexibility index (Phi) is 6.21. The largest absolute Gasteiger partial charge is 0.442 e. The van der Waals surface area contributed by atoms with Crippen LogP contribution in [0.25, 0.3) is 0 Å². The third-order valence-corrected chi connectivity index (χ3v) is 5.14. The van der Waals surface area contributed by atoms with Crippen molar-refractivity contribution in [1.82, 2.24) is 5.32 Å². The average molecular weight is 415 g/mol. The third-order valence-electron chi connectivity index (χ3n) is 5.14. The Morgan fingerprint density at radius 1 is 1.31 bits per heavy atom. The van der Waals surface area contributed by atoms with Gasteiger partial charge in [0.05, 0.1) is 25.4 Å². The first-order valence-electron chi connectivity index (χ1n) is 9.37. The number of benzene rings is 1. The first kappa shape index (κ1) is 21.2. The quantitative estimate of drug-likeness (QED) is 0.773. The maximum absolute atomic E-state index is 14.7. The molecule has 2 saturated heterocycles. The Balaban J connectivity index is 1.72. The minimum Gasteiger partial charge on any atom is -0.442 e. The fourth-order valence-corrected chi connectivity index (χ4v) is 3.64. The summed E-state index contributed by atoms with van der Waals surface area (Å²) < 4.78 is 54.0. The molecular formula is C19H24F3N3O4. The summed E-state index contributed by atoms with van der Waals surface area (Å²) in [5.41, 5.74) is -1.72. The zero-order chi connectivity index (χ0) is 21.2. The van der Waals surface area contributed by atoms with Crippen molar-refractivity contribution in [3.63, 3.8) is 0 Å². The van der Waals surface area contributed by atoms with Crippen LogP contribution in [-0.2, 0) is 14.3 Å². The van der Waals surface area contributed by atoms with Gasteiger partial charge in [-0.2, -0.15) is 0 Å². The molecule has 1 N–H and O–H groups in total. The average Bonchev–Trinajstić information content (AvgIpc) is 3.02.